The molecule has 0 fully saturated rings. The number of ether oxygens (including phenoxy) is 1. The summed E-state index contributed by atoms with van der Waals surface area (Å²) in [6.45, 7) is 1.88. The van der Waals surface area contributed by atoms with E-state index in [1.54, 1.807) is 6.92 Å². The van der Waals surface area contributed by atoms with Crippen molar-refractivity contribution < 1.29 is 22.7 Å². The number of fused-ring (bicyclic) bond motifs is 1. The third-order valence-corrected chi connectivity index (χ3v) is 6.00. The molecule has 0 aliphatic heterocycles. The molecule has 0 heterocycles. The molecule has 1 aliphatic rings. The van der Waals surface area contributed by atoms with Gasteiger partial charge in [-0.3, -0.25) is 0 Å². The topological polar surface area (TPSA) is 75.6 Å². The molecule has 0 saturated heterocycles. The van der Waals surface area contributed by atoms with E-state index in [9.17, 15) is 17.9 Å². The minimum atomic E-state index is -3.93. The van der Waals surface area contributed by atoms with Crippen LogP contribution < -0.4 is 9.46 Å². The van der Waals surface area contributed by atoms with Crippen molar-refractivity contribution in [1.82, 2.24) is 4.72 Å². The molecule has 1 aliphatic carbocycles. The quantitative estimate of drug-likeness (QED) is 0.808. The number of sulfonamides is 1. The van der Waals surface area contributed by atoms with Crippen LogP contribution in [0.2, 0.25) is 0 Å². The lowest BCUT2D eigenvalue weighted by Gasteiger charge is -2.33. The molecule has 1 unspecified atom stereocenters. The zero-order chi connectivity index (χ0) is 18.8. The van der Waals surface area contributed by atoms with Crippen LogP contribution >= 0.6 is 0 Å². The number of hydrogen-bond donors (Lipinski definition) is 2. The summed E-state index contributed by atoms with van der Waals surface area (Å²) in [7, 11) is -3.93. The van der Waals surface area contributed by atoms with Crippen LogP contribution in [0.3, 0.4) is 0 Å². The number of hydrogen-bond acceptors (Lipinski definition) is 4. The minimum absolute atomic E-state index is 0.00830. The van der Waals surface area contributed by atoms with Crippen LogP contribution in [0, 0.1) is 5.82 Å². The van der Waals surface area contributed by atoms with Crippen molar-refractivity contribution in [3.8, 4) is 5.75 Å². The second kappa shape index (κ2) is 7.34. The smallest absolute Gasteiger partial charge is 0.240 e. The van der Waals surface area contributed by atoms with Crippen molar-refractivity contribution in [2.75, 3.05) is 13.2 Å². The Labute approximate surface area is 152 Å². The molecule has 3 rings (SSSR count). The van der Waals surface area contributed by atoms with Gasteiger partial charge in [0.05, 0.1) is 17.1 Å². The number of halogens is 1. The molecule has 5 nitrogen and oxygen atoms in total. The highest BCUT2D eigenvalue weighted by Crippen LogP contribution is 2.29. The molecule has 0 radical (unpaired) electrons. The molecule has 0 spiro atoms. The standard InChI is InChI=1S/C19H22FNO4S/c1-2-25-18-8-7-16(11-17(18)20)26(23,24)21-13-19(22)10-9-14-5-3-4-6-15(14)12-19/h3-8,11,21-22H,2,9-10,12-13H2,1H3. The maximum Gasteiger partial charge on any atom is 0.240 e. The molecule has 2 aromatic carbocycles. The monoisotopic (exact) mass is 379 g/mol. The lowest BCUT2D eigenvalue weighted by Crippen LogP contribution is -2.46. The maximum absolute atomic E-state index is 13.9. The summed E-state index contributed by atoms with van der Waals surface area (Å²) < 4.78 is 46.3. The van der Waals surface area contributed by atoms with Crippen molar-refractivity contribution in [2.24, 2.45) is 0 Å². The van der Waals surface area contributed by atoms with Gasteiger partial charge in [0, 0.05) is 13.0 Å². The largest absolute Gasteiger partial charge is 0.491 e. The maximum atomic E-state index is 13.9. The van der Waals surface area contributed by atoms with E-state index >= 15 is 0 Å². The van der Waals surface area contributed by atoms with Crippen LogP contribution in [0.15, 0.2) is 47.4 Å². The van der Waals surface area contributed by atoms with Crippen LogP contribution in [-0.4, -0.2) is 32.3 Å². The highest BCUT2D eigenvalue weighted by Gasteiger charge is 2.33. The Kier molecular flexibility index (Phi) is 5.32. The van der Waals surface area contributed by atoms with Crippen LogP contribution in [0.25, 0.3) is 0 Å². The molecule has 2 N–H and O–H groups in total. The Balaban J connectivity index is 1.71. The average Bonchev–Trinajstić information content (AvgIpc) is 2.62. The van der Waals surface area contributed by atoms with Gasteiger partial charge in [-0.2, -0.15) is 0 Å². The number of aliphatic hydroxyl groups is 1. The van der Waals surface area contributed by atoms with Gasteiger partial charge in [-0.15, -0.1) is 0 Å². The second-order valence-corrected chi connectivity index (χ2v) is 8.29. The predicted octanol–water partition coefficient (Wildman–Crippen LogP) is 2.42. The van der Waals surface area contributed by atoms with Gasteiger partial charge in [0.2, 0.25) is 10.0 Å². The number of rotatable bonds is 6. The fourth-order valence-electron chi connectivity index (χ4n) is 3.17. The summed E-state index contributed by atoms with van der Waals surface area (Å²) in [5, 5.41) is 10.8. The average molecular weight is 379 g/mol. The van der Waals surface area contributed by atoms with Gasteiger partial charge >= 0.3 is 0 Å². The van der Waals surface area contributed by atoms with E-state index in [0.717, 1.165) is 11.6 Å². The Morgan fingerprint density at radius 1 is 1.23 bits per heavy atom. The molecule has 0 amide bonds. The molecule has 2 aromatic rings. The summed E-state index contributed by atoms with van der Waals surface area (Å²) in [6, 6.07) is 11.3. The number of aryl methyl sites for hydroxylation is 1. The van der Waals surface area contributed by atoms with E-state index in [0.29, 0.717) is 19.3 Å². The molecular weight excluding hydrogens is 357 g/mol. The summed E-state index contributed by atoms with van der Waals surface area (Å²) in [6.07, 6.45) is 1.53. The van der Waals surface area contributed by atoms with Crippen molar-refractivity contribution in [1.29, 1.82) is 0 Å². The van der Waals surface area contributed by atoms with Crippen molar-refractivity contribution in [3.63, 3.8) is 0 Å². The molecule has 7 heteroatoms. The Morgan fingerprint density at radius 2 is 1.96 bits per heavy atom. The first-order valence-electron chi connectivity index (χ1n) is 8.54. The van der Waals surface area contributed by atoms with Gasteiger partial charge in [0.25, 0.3) is 0 Å². The van der Waals surface area contributed by atoms with E-state index in [1.165, 1.54) is 17.7 Å². The van der Waals surface area contributed by atoms with Crippen molar-refractivity contribution in [2.45, 2.75) is 36.7 Å². The molecule has 0 saturated carbocycles. The van der Waals surface area contributed by atoms with E-state index in [2.05, 4.69) is 4.72 Å². The second-order valence-electron chi connectivity index (χ2n) is 6.52. The third-order valence-electron chi connectivity index (χ3n) is 4.60. The molecule has 0 aromatic heterocycles. The Hall–Kier alpha value is -1.96. The van der Waals surface area contributed by atoms with Gasteiger partial charge in [-0.25, -0.2) is 17.5 Å². The van der Waals surface area contributed by atoms with Crippen LogP contribution in [0.1, 0.15) is 24.5 Å². The highest BCUT2D eigenvalue weighted by molar-refractivity contribution is 7.89. The minimum Gasteiger partial charge on any atom is -0.491 e. The third kappa shape index (κ3) is 4.06. The van der Waals surface area contributed by atoms with Crippen LogP contribution in [0.5, 0.6) is 5.75 Å². The van der Waals surface area contributed by atoms with E-state index < -0.39 is 21.4 Å². The van der Waals surface area contributed by atoms with E-state index in [4.69, 9.17) is 4.74 Å². The molecule has 26 heavy (non-hydrogen) atoms. The van der Waals surface area contributed by atoms with Crippen LogP contribution in [0.4, 0.5) is 4.39 Å². The molecular formula is C19H22FNO4S. The normalized spacial score (nSPS) is 19.8. The summed E-state index contributed by atoms with van der Waals surface area (Å²) >= 11 is 0. The van der Waals surface area contributed by atoms with E-state index in [1.807, 2.05) is 24.3 Å². The number of benzene rings is 2. The fraction of sp³-hybridized carbons (Fsp3) is 0.368. The zero-order valence-electron chi connectivity index (χ0n) is 14.5. The fourth-order valence-corrected chi connectivity index (χ4v) is 4.30. The first-order chi connectivity index (χ1) is 12.3. The Bertz CT molecular complexity index is 900. The lowest BCUT2D eigenvalue weighted by atomic mass is 9.80. The van der Waals surface area contributed by atoms with Gasteiger partial charge in [0.1, 0.15) is 0 Å². The van der Waals surface area contributed by atoms with Gasteiger partial charge in [0.15, 0.2) is 11.6 Å². The first kappa shape index (κ1) is 18.8. The Morgan fingerprint density at radius 3 is 2.65 bits per heavy atom. The first-order valence-corrected chi connectivity index (χ1v) is 10.0. The molecule has 1 atom stereocenters. The predicted molar refractivity (Wildman–Crippen MR) is 96.2 cm³/mol. The summed E-state index contributed by atoms with van der Waals surface area (Å²) in [4.78, 5) is -0.196. The number of nitrogens with one attached hydrogen (secondary N) is 1. The lowest BCUT2D eigenvalue weighted by molar-refractivity contribution is 0.0317. The van der Waals surface area contributed by atoms with Gasteiger partial charge < -0.3 is 9.84 Å². The van der Waals surface area contributed by atoms with Crippen LogP contribution in [-0.2, 0) is 22.9 Å². The molecule has 0 bridgehead atoms. The van der Waals surface area contributed by atoms with Crippen molar-refractivity contribution >= 4 is 10.0 Å². The SMILES string of the molecule is CCOc1ccc(S(=O)(=O)NCC2(O)CCc3ccccc3C2)cc1F. The van der Waals surface area contributed by atoms with Gasteiger partial charge in [-0.1, -0.05) is 24.3 Å². The van der Waals surface area contributed by atoms with Crippen molar-refractivity contribution in [3.05, 3.63) is 59.4 Å². The zero-order valence-corrected chi connectivity index (χ0v) is 15.4. The van der Waals surface area contributed by atoms with E-state index in [-0.39, 0.29) is 23.8 Å². The molecule has 140 valence electrons. The summed E-state index contributed by atoms with van der Waals surface area (Å²) in [5.41, 5.74) is 1.03. The highest BCUT2D eigenvalue weighted by atomic mass is 32.2. The summed E-state index contributed by atoms with van der Waals surface area (Å²) in [5.74, 6) is -0.728. The van der Waals surface area contributed by atoms with Gasteiger partial charge in [-0.05, 0) is 49.1 Å².